The summed E-state index contributed by atoms with van der Waals surface area (Å²) in [5.41, 5.74) is 5.66. The molecule has 0 saturated carbocycles. The molecule has 150 valence electrons. The fourth-order valence-electron chi connectivity index (χ4n) is 3.13. The van der Waals surface area contributed by atoms with E-state index in [0.717, 1.165) is 46.2 Å². The highest BCUT2D eigenvalue weighted by atomic mass is 35.5. The Bertz CT molecular complexity index is 1000. The number of hydrogen-bond acceptors (Lipinski definition) is 3. The second-order valence-electron chi connectivity index (χ2n) is 6.93. The van der Waals surface area contributed by atoms with Crippen molar-refractivity contribution in [3.05, 3.63) is 82.1 Å². The molecule has 0 aliphatic heterocycles. The SMILES string of the molecule is CCCCOC(=O)c1ccc(N=Cc2cc(C)n(-c3ccc(Cl)cc3)c2C)cc1. The molecule has 1 aromatic heterocycles. The number of ether oxygens (including phenoxy) is 1. The second-order valence-corrected chi connectivity index (χ2v) is 7.37. The van der Waals surface area contributed by atoms with E-state index >= 15 is 0 Å². The first-order valence-electron chi connectivity index (χ1n) is 9.75. The second kappa shape index (κ2) is 9.57. The Labute approximate surface area is 176 Å². The molecule has 29 heavy (non-hydrogen) atoms. The molecule has 0 spiro atoms. The van der Waals surface area contributed by atoms with Crippen LogP contribution in [0.1, 0.15) is 47.1 Å². The monoisotopic (exact) mass is 408 g/mol. The third kappa shape index (κ3) is 5.15. The van der Waals surface area contributed by atoms with Crippen molar-refractivity contribution in [2.75, 3.05) is 6.61 Å². The zero-order valence-electron chi connectivity index (χ0n) is 17.0. The minimum atomic E-state index is -0.291. The summed E-state index contributed by atoms with van der Waals surface area (Å²) in [4.78, 5) is 16.5. The van der Waals surface area contributed by atoms with Gasteiger partial charge in [-0.25, -0.2) is 4.79 Å². The summed E-state index contributed by atoms with van der Waals surface area (Å²) in [6.45, 7) is 6.65. The van der Waals surface area contributed by atoms with Crippen molar-refractivity contribution in [2.45, 2.75) is 33.6 Å². The lowest BCUT2D eigenvalue weighted by atomic mass is 10.2. The Balaban J connectivity index is 1.74. The van der Waals surface area contributed by atoms with Crippen LogP contribution in [0, 0.1) is 13.8 Å². The van der Waals surface area contributed by atoms with Gasteiger partial charge in [0.05, 0.1) is 17.9 Å². The van der Waals surface area contributed by atoms with E-state index in [2.05, 4.69) is 36.4 Å². The largest absolute Gasteiger partial charge is 0.462 e. The molecule has 0 unspecified atom stereocenters. The summed E-state index contributed by atoms with van der Waals surface area (Å²) in [5, 5.41) is 0.718. The van der Waals surface area contributed by atoms with E-state index in [1.54, 1.807) is 12.1 Å². The van der Waals surface area contributed by atoms with Crippen molar-refractivity contribution in [3.63, 3.8) is 0 Å². The van der Waals surface area contributed by atoms with E-state index < -0.39 is 0 Å². The van der Waals surface area contributed by atoms with E-state index in [0.29, 0.717) is 12.2 Å². The third-order valence-electron chi connectivity index (χ3n) is 4.74. The summed E-state index contributed by atoms with van der Waals surface area (Å²) in [6.07, 6.45) is 3.73. The van der Waals surface area contributed by atoms with E-state index in [4.69, 9.17) is 16.3 Å². The van der Waals surface area contributed by atoms with Crippen molar-refractivity contribution in [2.24, 2.45) is 4.99 Å². The summed E-state index contributed by atoms with van der Waals surface area (Å²) >= 11 is 6.00. The van der Waals surface area contributed by atoms with Crippen LogP contribution in [0.15, 0.2) is 59.6 Å². The van der Waals surface area contributed by atoms with Crippen LogP contribution in [-0.4, -0.2) is 23.4 Å². The zero-order chi connectivity index (χ0) is 20.8. The molecular weight excluding hydrogens is 384 g/mol. The number of aromatic nitrogens is 1. The molecule has 1 heterocycles. The van der Waals surface area contributed by atoms with Gasteiger partial charge >= 0.3 is 5.97 Å². The molecule has 0 aliphatic carbocycles. The molecule has 5 heteroatoms. The molecule has 4 nitrogen and oxygen atoms in total. The molecule has 0 radical (unpaired) electrons. The van der Waals surface area contributed by atoms with Crippen LogP contribution in [-0.2, 0) is 4.74 Å². The normalized spacial score (nSPS) is 11.2. The van der Waals surface area contributed by atoms with Crippen LogP contribution in [0.2, 0.25) is 5.02 Å². The lowest BCUT2D eigenvalue weighted by Gasteiger charge is -2.09. The summed E-state index contributed by atoms with van der Waals surface area (Å²) in [6, 6.07) is 17.0. The van der Waals surface area contributed by atoms with Crippen molar-refractivity contribution >= 4 is 29.5 Å². The minimum Gasteiger partial charge on any atom is -0.462 e. The molecule has 0 amide bonds. The van der Waals surface area contributed by atoms with Gasteiger partial charge < -0.3 is 9.30 Å². The number of nitrogens with zero attached hydrogens (tertiary/aromatic N) is 2. The Hall–Kier alpha value is -2.85. The Morgan fingerprint density at radius 2 is 1.79 bits per heavy atom. The molecule has 0 bridgehead atoms. The van der Waals surface area contributed by atoms with Crippen LogP contribution >= 0.6 is 11.6 Å². The van der Waals surface area contributed by atoms with Gasteiger partial charge in [-0.3, -0.25) is 4.99 Å². The lowest BCUT2D eigenvalue weighted by Crippen LogP contribution is -2.05. The van der Waals surface area contributed by atoms with Crippen LogP contribution in [0.25, 0.3) is 5.69 Å². The highest BCUT2D eigenvalue weighted by Gasteiger charge is 2.10. The smallest absolute Gasteiger partial charge is 0.338 e. The number of aliphatic imine (C=N–C) groups is 1. The number of carbonyl (C=O) groups excluding carboxylic acids is 1. The number of aryl methyl sites for hydroxylation is 1. The topological polar surface area (TPSA) is 43.6 Å². The van der Waals surface area contributed by atoms with Gasteiger partial charge in [0, 0.05) is 33.9 Å². The maximum absolute atomic E-state index is 12.0. The predicted molar refractivity (Wildman–Crippen MR) is 119 cm³/mol. The fourth-order valence-corrected chi connectivity index (χ4v) is 3.25. The van der Waals surface area contributed by atoms with Gasteiger partial charge in [0.1, 0.15) is 0 Å². The highest BCUT2D eigenvalue weighted by molar-refractivity contribution is 6.30. The van der Waals surface area contributed by atoms with Crippen LogP contribution in [0.4, 0.5) is 5.69 Å². The van der Waals surface area contributed by atoms with Gasteiger partial charge in [0.2, 0.25) is 0 Å². The van der Waals surface area contributed by atoms with Gasteiger partial charge in [-0.2, -0.15) is 0 Å². The van der Waals surface area contributed by atoms with Gasteiger partial charge in [-0.05, 0) is 74.9 Å². The molecular formula is C24H25ClN2O2. The van der Waals surface area contributed by atoms with Gasteiger partial charge in [0.25, 0.3) is 0 Å². The molecule has 3 aromatic rings. The van der Waals surface area contributed by atoms with E-state index in [-0.39, 0.29) is 5.97 Å². The van der Waals surface area contributed by atoms with Crippen molar-refractivity contribution < 1.29 is 9.53 Å². The van der Waals surface area contributed by atoms with Crippen molar-refractivity contribution in [1.29, 1.82) is 0 Å². The number of carbonyl (C=O) groups is 1. The number of benzene rings is 2. The number of halogens is 1. The van der Waals surface area contributed by atoms with Crippen LogP contribution in [0.5, 0.6) is 0 Å². The lowest BCUT2D eigenvalue weighted by molar-refractivity contribution is 0.0500. The Kier molecular flexibility index (Phi) is 6.89. The third-order valence-corrected chi connectivity index (χ3v) is 4.99. The first-order valence-corrected chi connectivity index (χ1v) is 10.1. The standard InChI is InChI=1S/C24H25ClN2O2/c1-4-5-14-29-24(28)19-6-10-22(11-7-19)26-16-20-15-17(2)27(18(20)3)23-12-8-21(25)9-13-23/h6-13,15-16H,4-5,14H2,1-3H3. The zero-order valence-corrected chi connectivity index (χ0v) is 17.7. The Morgan fingerprint density at radius 3 is 2.45 bits per heavy atom. The number of hydrogen-bond donors (Lipinski definition) is 0. The predicted octanol–water partition coefficient (Wildman–Crippen LogP) is 6.46. The van der Waals surface area contributed by atoms with E-state index in [1.165, 1.54) is 0 Å². The number of esters is 1. The fraction of sp³-hybridized carbons (Fsp3) is 0.250. The Morgan fingerprint density at radius 1 is 1.10 bits per heavy atom. The molecule has 0 saturated heterocycles. The summed E-state index contributed by atoms with van der Waals surface area (Å²) < 4.78 is 7.40. The molecule has 3 rings (SSSR count). The average molecular weight is 409 g/mol. The average Bonchev–Trinajstić information content (AvgIpc) is 3.01. The van der Waals surface area contributed by atoms with Crippen LogP contribution < -0.4 is 0 Å². The molecule has 0 aliphatic rings. The summed E-state index contributed by atoms with van der Waals surface area (Å²) in [5.74, 6) is -0.291. The minimum absolute atomic E-state index is 0.291. The molecule has 0 fully saturated rings. The van der Waals surface area contributed by atoms with Gasteiger partial charge in [0.15, 0.2) is 0 Å². The first-order chi connectivity index (χ1) is 14.0. The van der Waals surface area contributed by atoms with Crippen molar-refractivity contribution in [3.8, 4) is 5.69 Å². The number of rotatable bonds is 7. The maximum atomic E-state index is 12.0. The van der Waals surface area contributed by atoms with Gasteiger partial charge in [-0.1, -0.05) is 24.9 Å². The van der Waals surface area contributed by atoms with E-state index in [1.807, 2.05) is 42.6 Å². The highest BCUT2D eigenvalue weighted by Crippen LogP contribution is 2.22. The van der Waals surface area contributed by atoms with Crippen molar-refractivity contribution in [1.82, 2.24) is 4.57 Å². The molecule has 0 N–H and O–H groups in total. The quantitative estimate of drug-likeness (QED) is 0.256. The number of unbranched alkanes of at least 4 members (excludes halogenated alkanes) is 1. The van der Waals surface area contributed by atoms with E-state index in [9.17, 15) is 4.79 Å². The maximum Gasteiger partial charge on any atom is 0.338 e. The van der Waals surface area contributed by atoms with Crippen LogP contribution in [0.3, 0.4) is 0 Å². The molecule has 0 atom stereocenters. The first kappa shape index (κ1) is 20.9. The summed E-state index contributed by atoms with van der Waals surface area (Å²) in [7, 11) is 0. The molecule has 2 aromatic carbocycles. The van der Waals surface area contributed by atoms with Gasteiger partial charge in [-0.15, -0.1) is 0 Å².